The van der Waals surface area contributed by atoms with Crippen molar-refractivity contribution in [2.24, 2.45) is 0 Å². The summed E-state index contributed by atoms with van der Waals surface area (Å²) >= 11 is 1.88. The third-order valence-corrected chi connectivity index (χ3v) is 11.2. The first kappa shape index (κ1) is 27.5. The molecule has 4 aromatic heterocycles. The monoisotopic (exact) mass is 654 g/mol. The predicted molar refractivity (Wildman–Crippen MR) is 210 cm³/mol. The summed E-state index contributed by atoms with van der Waals surface area (Å²) in [7, 11) is 0. The second-order valence-corrected chi connectivity index (χ2v) is 13.8. The number of aromatic nitrogens is 4. The van der Waals surface area contributed by atoms with Crippen LogP contribution < -0.4 is 0 Å². The van der Waals surface area contributed by atoms with E-state index in [-0.39, 0.29) is 0 Å². The largest absolute Gasteiger partial charge is 0.308 e. The van der Waals surface area contributed by atoms with Gasteiger partial charge in [0.25, 0.3) is 0 Å². The molecule has 11 aromatic rings. The Morgan fingerprint density at radius 1 is 0.540 bits per heavy atom. The van der Waals surface area contributed by atoms with Crippen LogP contribution in [-0.2, 0) is 0 Å². The second-order valence-electron chi connectivity index (χ2n) is 12.8. The van der Waals surface area contributed by atoms with Crippen molar-refractivity contribution in [1.82, 2.24) is 19.5 Å². The molecule has 4 heterocycles. The number of thiophene rings is 1. The lowest BCUT2D eigenvalue weighted by atomic mass is 9.99. The quantitative estimate of drug-likeness (QED) is 0.190. The molecule has 50 heavy (non-hydrogen) atoms. The molecule has 0 saturated heterocycles. The maximum Gasteiger partial charge on any atom is 0.160 e. The smallest absolute Gasteiger partial charge is 0.160 e. The summed E-state index contributed by atoms with van der Waals surface area (Å²) in [6, 6.07) is 54.0. The molecule has 0 amide bonds. The SMILES string of the molecule is c1cc(-c2nc(-c3cccc4ccccc34)c3ncccc3n2)cc(-n2c3ccccc3c3c4ccccc4c4c5ccccc5sc4c32)c1. The van der Waals surface area contributed by atoms with Gasteiger partial charge in [-0.15, -0.1) is 11.3 Å². The Morgan fingerprint density at radius 2 is 1.26 bits per heavy atom. The topological polar surface area (TPSA) is 43.6 Å². The van der Waals surface area contributed by atoms with Crippen LogP contribution >= 0.6 is 11.3 Å². The molecule has 0 aliphatic heterocycles. The van der Waals surface area contributed by atoms with Crippen LogP contribution in [0.5, 0.6) is 0 Å². The fraction of sp³-hybridized carbons (Fsp3) is 0. The maximum absolute atomic E-state index is 5.28. The molecule has 0 N–H and O–H groups in total. The molecule has 0 spiro atoms. The summed E-state index contributed by atoms with van der Waals surface area (Å²) in [5.41, 5.74) is 7.94. The first-order chi connectivity index (χ1) is 24.8. The highest BCUT2D eigenvalue weighted by atomic mass is 32.1. The fourth-order valence-corrected chi connectivity index (χ4v) is 9.15. The van der Waals surface area contributed by atoms with Crippen molar-refractivity contribution in [2.75, 3.05) is 0 Å². The predicted octanol–water partition coefficient (Wildman–Crippen LogP) is 12.1. The van der Waals surface area contributed by atoms with Crippen LogP contribution in [0.2, 0.25) is 0 Å². The molecule has 0 unspecified atom stereocenters. The Morgan fingerprint density at radius 3 is 2.16 bits per heavy atom. The standard InChI is InChI=1S/C45H26N4S/c1-2-16-30-27(12-1)13-10-21-33(30)41-42-36(22-11-25-46-42)47-45(48-41)28-14-9-15-29(26-28)49-37-23-7-5-19-34(37)39-31-17-3-4-18-32(31)40-35-20-6-8-24-38(35)50-44(40)43(39)49/h1-26H. The highest BCUT2D eigenvalue weighted by Gasteiger charge is 2.22. The average Bonchev–Trinajstić information content (AvgIpc) is 3.74. The van der Waals surface area contributed by atoms with Gasteiger partial charge in [0.05, 0.1) is 21.3 Å². The summed E-state index contributed by atoms with van der Waals surface area (Å²) in [6.45, 7) is 0. The molecular weight excluding hydrogens is 629 g/mol. The van der Waals surface area contributed by atoms with Crippen molar-refractivity contribution >= 4 is 85.9 Å². The van der Waals surface area contributed by atoms with Crippen molar-refractivity contribution < 1.29 is 0 Å². The Balaban J connectivity index is 1.22. The van der Waals surface area contributed by atoms with E-state index in [1.807, 2.05) is 29.7 Å². The Bertz CT molecular complexity index is 3170. The molecule has 0 atom stereocenters. The average molecular weight is 655 g/mol. The zero-order valence-corrected chi connectivity index (χ0v) is 27.5. The van der Waals surface area contributed by atoms with Gasteiger partial charge in [0.1, 0.15) is 11.2 Å². The highest BCUT2D eigenvalue weighted by Crippen LogP contribution is 2.48. The Kier molecular flexibility index (Phi) is 5.80. The molecule has 0 aliphatic rings. The van der Waals surface area contributed by atoms with E-state index < -0.39 is 0 Å². The molecule has 4 nitrogen and oxygen atoms in total. The van der Waals surface area contributed by atoms with Crippen molar-refractivity contribution in [2.45, 2.75) is 0 Å². The van der Waals surface area contributed by atoms with Gasteiger partial charge in [-0.25, -0.2) is 9.97 Å². The van der Waals surface area contributed by atoms with Gasteiger partial charge in [0, 0.05) is 49.3 Å². The van der Waals surface area contributed by atoms with Gasteiger partial charge in [-0.3, -0.25) is 4.98 Å². The van der Waals surface area contributed by atoms with E-state index >= 15 is 0 Å². The van der Waals surface area contributed by atoms with Gasteiger partial charge in [-0.05, 0) is 57.9 Å². The van der Waals surface area contributed by atoms with Gasteiger partial charge in [-0.1, -0.05) is 115 Å². The Hall–Kier alpha value is -6.43. The van der Waals surface area contributed by atoms with Crippen molar-refractivity contribution in [3.05, 3.63) is 158 Å². The van der Waals surface area contributed by atoms with E-state index in [0.29, 0.717) is 5.82 Å². The van der Waals surface area contributed by atoms with Crippen LogP contribution in [-0.4, -0.2) is 19.5 Å². The normalized spacial score (nSPS) is 12.0. The van der Waals surface area contributed by atoms with Crippen molar-refractivity contribution in [3.8, 4) is 28.3 Å². The molecule has 0 radical (unpaired) electrons. The zero-order valence-electron chi connectivity index (χ0n) is 26.7. The molecule has 0 aliphatic carbocycles. The van der Waals surface area contributed by atoms with Gasteiger partial charge < -0.3 is 4.57 Å². The summed E-state index contributed by atoms with van der Waals surface area (Å²) in [4.78, 5) is 15.1. The minimum absolute atomic E-state index is 0.675. The molecule has 0 fully saturated rings. The minimum Gasteiger partial charge on any atom is -0.308 e. The van der Waals surface area contributed by atoms with Crippen LogP contribution in [0.3, 0.4) is 0 Å². The number of fused-ring (bicyclic) bond motifs is 12. The van der Waals surface area contributed by atoms with Crippen LogP contribution in [0.1, 0.15) is 0 Å². The van der Waals surface area contributed by atoms with Crippen LogP contribution in [0.15, 0.2) is 158 Å². The number of para-hydroxylation sites is 1. The number of nitrogens with zero attached hydrogens (tertiary/aromatic N) is 4. The number of benzene rings is 7. The third kappa shape index (κ3) is 3.89. The lowest BCUT2D eigenvalue weighted by Gasteiger charge is -2.13. The van der Waals surface area contributed by atoms with Crippen LogP contribution in [0.25, 0.3) is 103 Å². The number of hydrogen-bond donors (Lipinski definition) is 0. The van der Waals surface area contributed by atoms with Gasteiger partial charge in [0.2, 0.25) is 0 Å². The summed E-state index contributed by atoms with van der Waals surface area (Å²) in [5, 5.41) is 10.0. The van der Waals surface area contributed by atoms with Crippen molar-refractivity contribution in [1.29, 1.82) is 0 Å². The van der Waals surface area contributed by atoms with E-state index in [0.717, 1.165) is 38.9 Å². The molecule has 0 saturated carbocycles. The van der Waals surface area contributed by atoms with Crippen LogP contribution in [0, 0.1) is 0 Å². The molecular formula is C45H26N4S. The second kappa shape index (κ2) is 10.5. The third-order valence-electron chi connectivity index (χ3n) is 10.0. The lowest BCUT2D eigenvalue weighted by Crippen LogP contribution is -1.99. The summed E-state index contributed by atoms with van der Waals surface area (Å²) in [5.74, 6) is 0.675. The van der Waals surface area contributed by atoms with E-state index in [1.54, 1.807) is 0 Å². The first-order valence-corrected chi connectivity index (χ1v) is 17.6. The van der Waals surface area contributed by atoms with Crippen molar-refractivity contribution in [3.63, 3.8) is 0 Å². The molecule has 232 valence electrons. The molecule has 11 rings (SSSR count). The van der Waals surface area contributed by atoms with E-state index in [1.165, 1.54) is 58.1 Å². The van der Waals surface area contributed by atoms with Gasteiger partial charge in [0.15, 0.2) is 5.82 Å². The maximum atomic E-state index is 5.28. The zero-order chi connectivity index (χ0) is 32.8. The lowest BCUT2D eigenvalue weighted by molar-refractivity contribution is 1.17. The number of rotatable bonds is 3. The molecule has 7 aromatic carbocycles. The first-order valence-electron chi connectivity index (χ1n) is 16.8. The molecule has 0 bridgehead atoms. The fourth-order valence-electron chi connectivity index (χ4n) is 7.89. The highest BCUT2D eigenvalue weighted by molar-refractivity contribution is 7.27. The van der Waals surface area contributed by atoms with Gasteiger partial charge >= 0.3 is 0 Å². The van der Waals surface area contributed by atoms with E-state index in [2.05, 4.69) is 144 Å². The van der Waals surface area contributed by atoms with Crippen LogP contribution in [0.4, 0.5) is 0 Å². The Labute approximate surface area is 290 Å². The molecule has 5 heteroatoms. The summed E-state index contributed by atoms with van der Waals surface area (Å²) < 4.78 is 5.05. The summed E-state index contributed by atoms with van der Waals surface area (Å²) in [6.07, 6.45) is 1.82. The minimum atomic E-state index is 0.675. The number of pyridine rings is 1. The van der Waals surface area contributed by atoms with E-state index in [9.17, 15) is 0 Å². The van der Waals surface area contributed by atoms with E-state index in [4.69, 9.17) is 15.0 Å². The number of hydrogen-bond acceptors (Lipinski definition) is 4. The van der Waals surface area contributed by atoms with Gasteiger partial charge in [-0.2, -0.15) is 0 Å².